The number of aliphatic hydroxyl groups excluding tert-OH is 1. The van der Waals surface area contributed by atoms with Crippen molar-refractivity contribution < 1.29 is 14.7 Å². The molecule has 138 valence electrons. The zero-order valence-electron chi connectivity index (χ0n) is 13.6. The minimum atomic E-state index is -0.899. The predicted molar refractivity (Wildman–Crippen MR) is 105 cm³/mol. The molecule has 0 fully saturated rings. The Hall–Kier alpha value is -1.60. The number of amides is 2. The van der Waals surface area contributed by atoms with Gasteiger partial charge in [-0.1, -0.05) is 57.3 Å². The Kier molecular flexibility index (Phi) is 7.46. The van der Waals surface area contributed by atoms with Gasteiger partial charge >= 0.3 is 0 Å². The number of halogens is 3. The molecule has 0 aliphatic rings. The van der Waals surface area contributed by atoms with Crippen LogP contribution in [-0.4, -0.2) is 23.5 Å². The van der Waals surface area contributed by atoms with Crippen molar-refractivity contribution in [1.29, 1.82) is 0 Å². The monoisotopic (exact) mass is 458 g/mol. The van der Waals surface area contributed by atoms with E-state index in [4.69, 9.17) is 28.9 Å². The molecule has 2 amide bonds. The molecule has 26 heavy (non-hydrogen) atoms. The van der Waals surface area contributed by atoms with Gasteiger partial charge in [-0.25, -0.2) is 0 Å². The first kappa shape index (κ1) is 20.7. The van der Waals surface area contributed by atoms with Crippen molar-refractivity contribution in [2.75, 3.05) is 6.61 Å². The van der Waals surface area contributed by atoms with E-state index in [1.807, 2.05) is 12.1 Å². The predicted octanol–water partition coefficient (Wildman–Crippen LogP) is 3.56. The summed E-state index contributed by atoms with van der Waals surface area (Å²) in [5, 5.41) is 13.0. The Morgan fingerprint density at radius 2 is 1.81 bits per heavy atom. The lowest BCUT2D eigenvalue weighted by Gasteiger charge is -2.20. The Labute approximate surface area is 169 Å². The van der Waals surface area contributed by atoms with E-state index in [0.717, 1.165) is 10.0 Å². The number of rotatable bonds is 7. The quantitative estimate of drug-likeness (QED) is 0.590. The lowest BCUT2D eigenvalue weighted by Crippen LogP contribution is -2.34. The normalized spacial score (nSPS) is 13.1. The van der Waals surface area contributed by atoms with Crippen LogP contribution in [0, 0.1) is 0 Å². The molecule has 0 aliphatic carbocycles. The molecular weight excluding hydrogens is 443 g/mol. The lowest BCUT2D eigenvalue weighted by atomic mass is 9.94. The second kappa shape index (κ2) is 9.37. The van der Waals surface area contributed by atoms with Crippen LogP contribution in [-0.2, 0) is 9.59 Å². The van der Waals surface area contributed by atoms with Gasteiger partial charge in [0.2, 0.25) is 11.8 Å². The minimum absolute atomic E-state index is 0.191. The van der Waals surface area contributed by atoms with E-state index in [2.05, 4.69) is 21.2 Å². The first-order chi connectivity index (χ1) is 12.3. The maximum absolute atomic E-state index is 12.4. The number of nitrogens with two attached hydrogens (primary N) is 1. The van der Waals surface area contributed by atoms with Crippen LogP contribution in [0.1, 0.15) is 29.5 Å². The summed E-state index contributed by atoms with van der Waals surface area (Å²) in [4.78, 5) is 24.2. The average Bonchev–Trinajstić information content (AvgIpc) is 2.59. The molecule has 2 rings (SSSR count). The second-order valence-corrected chi connectivity index (χ2v) is 7.44. The topological polar surface area (TPSA) is 92.4 Å². The number of benzene rings is 2. The molecule has 4 N–H and O–H groups in total. The van der Waals surface area contributed by atoms with Gasteiger partial charge in [-0.2, -0.15) is 0 Å². The van der Waals surface area contributed by atoms with Gasteiger partial charge < -0.3 is 16.2 Å². The number of carbonyl (C=O) groups is 2. The van der Waals surface area contributed by atoms with E-state index in [-0.39, 0.29) is 18.1 Å². The number of nitrogens with one attached hydrogen (secondary N) is 1. The Morgan fingerprint density at radius 1 is 1.15 bits per heavy atom. The standard InChI is InChI=1S/C18H17BrCl2N2O3/c19-11-3-1-10(2-4-11)16(9-24)23-17(25)8-14(18(22)26)13-6-5-12(20)7-15(13)21/h1-7,14,16,24H,8-9H2,(H2,22,26)(H,23,25). The summed E-state index contributed by atoms with van der Waals surface area (Å²) < 4.78 is 0.885. The van der Waals surface area contributed by atoms with E-state index in [1.165, 1.54) is 6.07 Å². The lowest BCUT2D eigenvalue weighted by molar-refractivity contribution is -0.126. The summed E-state index contributed by atoms with van der Waals surface area (Å²) >= 11 is 15.3. The summed E-state index contributed by atoms with van der Waals surface area (Å²) in [7, 11) is 0. The third-order valence-electron chi connectivity index (χ3n) is 3.86. The van der Waals surface area contributed by atoms with Crippen LogP contribution in [0.5, 0.6) is 0 Å². The van der Waals surface area contributed by atoms with E-state index >= 15 is 0 Å². The Morgan fingerprint density at radius 3 is 2.35 bits per heavy atom. The highest BCUT2D eigenvalue weighted by Crippen LogP contribution is 2.30. The average molecular weight is 460 g/mol. The SMILES string of the molecule is NC(=O)C(CC(=O)NC(CO)c1ccc(Br)cc1)c1ccc(Cl)cc1Cl. The molecule has 0 aliphatic heterocycles. The number of hydrogen-bond donors (Lipinski definition) is 3. The fraction of sp³-hybridized carbons (Fsp3) is 0.222. The van der Waals surface area contributed by atoms with Crippen molar-refractivity contribution in [2.24, 2.45) is 5.73 Å². The zero-order valence-corrected chi connectivity index (χ0v) is 16.7. The van der Waals surface area contributed by atoms with Gasteiger partial charge in [-0.3, -0.25) is 9.59 Å². The van der Waals surface area contributed by atoms with Crippen LogP contribution in [0.25, 0.3) is 0 Å². The van der Waals surface area contributed by atoms with E-state index in [1.54, 1.807) is 24.3 Å². The molecule has 0 aromatic heterocycles. The molecule has 8 heteroatoms. The minimum Gasteiger partial charge on any atom is -0.394 e. The van der Waals surface area contributed by atoms with E-state index < -0.39 is 23.8 Å². The van der Waals surface area contributed by atoms with E-state index in [0.29, 0.717) is 10.6 Å². The smallest absolute Gasteiger partial charge is 0.225 e. The Bertz CT molecular complexity index is 800. The number of aliphatic hydroxyl groups is 1. The molecule has 0 bridgehead atoms. The maximum atomic E-state index is 12.4. The number of hydrogen-bond acceptors (Lipinski definition) is 3. The Balaban J connectivity index is 2.14. The summed E-state index contributed by atoms with van der Waals surface area (Å²) in [6.07, 6.45) is -0.191. The largest absolute Gasteiger partial charge is 0.394 e. The van der Waals surface area contributed by atoms with Crippen molar-refractivity contribution in [3.8, 4) is 0 Å². The van der Waals surface area contributed by atoms with Crippen LogP contribution in [0.3, 0.4) is 0 Å². The summed E-state index contributed by atoms with van der Waals surface area (Å²) in [6.45, 7) is -0.281. The van der Waals surface area contributed by atoms with Crippen LogP contribution in [0.4, 0.5) is 0 Å². The van der Waals surface area contributed by atoms with Gasteiger partial charge in [-0.15, -0.1) is 0 Å². The molecule has 0 saturated heterocycles. The summed E-state index contributed by atoms with van der Waals surface area (Å²) in [6, 6.07) is 11.2. The number of primary amides is 1. The first-order valence-electron chi connectivity index (χ1n) is 7.71. The zero-order chi connectivity index (χ0) is 19.3. The van der Waals surface area contributed by atoms with Crippen LogP contribution in [0.15, 0.2) is 46.9 Å². The molecule has 0 saturated carbocycles. The van der Waals surface area contributed by atoms with E-state index in [9.17, 15) is 14.7 Å². The highest BCUT2D eigenvalue weighted by atomic mass is 79.9. The van der Waals surface area contributed by atoms with Crippen molar-refractivity contribution in [3.05, 3.63) is 68.1 Å². The van der Waals surface area contributed by atoms with Crippen LogP contribution >= 0.6 is 39.1 Å². The van der Waals surface area contributed by atoms with Crippen molar-refractivity contribution in [3.63, 3.8) is 0 Å². The van der Waals surface area contributed by atoms with Gasteiger partial charge in [0.25, 0.3) is 0 Å². The third kappa shape index (κ3) is 5.45. The molecule has 0 heterocycles. The van der Waals surface area contributed by atoms with Gasteiger partial charge in [0.15, 0.2) is 0 Å². The fourth-order valence-corrected chi connectivity index (χ4v) is 3.32. The van der Waals surface area contributed by atoms with Gasteiger partial charge in [0, 0.05) is 20.9 Å². The molecule has 2 unspecified atom stereocenters. The van der Waals surface area contributed by atoms with Gasteiger partial charge in [-0.05, 0) is 35.4 Å². The first-order valence-corrected chi connectivity index (χ1v) is 9.26. The third-order valence-corrected chi connectivity index (χ3v) is 4.95. The molecule has 2 aromatic rings. The summed E-state index contributed by atoms with van der Waals surface area (Å²) in [5.41, 5.74) is 6.62. The highest BCUT2D eigenvalue weighted by Gasteiger charge is 2.25. The van der Waals surface area contributed by atoms with Crippen molar-refractivity contribution >= 4 is 50.9 Å². The van der Waals surface area contributed by atoms with Crippen molar-refractivity contribution in [1.82, 2.24) is 5.32 Å². The molecule has 5 nitrogen and oxygen atoms in total. The highest BCUT2D eigenvalue weighted by molar-refractivity contribution is 9.10. The van der Waals surface area contributed by atoms with Crippen LogP contribution in [0.2, 0.25) is 10.0 Å². The van der Waals surface area contributed by atoms with Gasteiger partial charge in [0.1, 0.15) is 0 Å². The number of carbonyl (C=O) groups excluding carboxylic acids is 2. The molecule has 0 spiro atoms. The maximum Gasteiger partial charge on any atom is 0.225 e. The second-order valence-electron chi connectivity index (χ2n) is 5.68. The molecular formula is C18H17BrCl2N2O3. The molecule has 2 atom stereocenters. The molecule has 2 aromatic carbocycles. The molecule has 0 radical (unpaired) electrons. The van der Waals surface area contributed by atoms with Crippen molar-refractivity contribution in [2.45, 2.75) is 18.4 Å². The van der Waals surface area contributed by atoms with Gasteiger partial charge in [0.05, 0.1) is 18.6 Å². The van der Waals surface area contributed by atoms with Crippen LogP contribution < -0.4 is 11.1 Å². The summed E-state index contributed by atoms with van der Waals surface area (Å²) in [5.74, 6) is -2.00. The fourth-order valence-electron chi connectivity index (χ4n) is 2.52.